The van der Waals surface area contributed by atoms with Crippen molar-refractivity contribution in [3.8, 4) is 0 Å². The molecule has 0 aromatic heterocycles. The summed E-state index contributed by atoms with van der Waals surface area (Å²) in [6.45, 7) is 7.09. The summed E-state index contributed by atoms with van der Waals surface area (Å²) < 4.78 is 0. The van der Waals surface area contributed by atoms with Crippen LogP contribution in [-0.2, 0) is 0 Å². The largest absolute Gasteiger partial charge is 0.512 e. The highest BCUT2D eigenvalue weighted by Gasteiger charge is 2.39. The highest BCUT2D eigenvalue weighted by Crippen LogP contribution is 2.47. The summed E-state index contributed by atoms with van der Waals surface area (Å²) in [4.78, 5) is 0. The normalized spacial score (nSPS) is 29.4. The van der Waals surface area contributed by atoms with Crippen LogP contribution in [0, 0.1) is 23.2 Å². The summed E-state index contributed by atoms with van der Waals surface area (Å²) in [5.74, 6) is 1.22. The van der Waals surface area contributed by atoms with Gasteiger partial charge in [0.05, 0.1) is 11.9 Å². The first-order valence-electron chi connectivity index (χ1n) is 11.3. The van der Waals surface area contributed by atoms with Crippen molar-refractivity contribution in [3.05, 3.63) is 23.5 Å². The van der Waals surface area contributed by atoms with E-state index in [0.29, 0.717) is 11.7 Å². The summed E-state index contributed by atoms with van der Waals surface area (Å²) in [5, 5.41) is 30.6. The first-order chi connectivity index (χ1) is 12.9. The van der Waals surface area contributed by atoms with E-state index in [1.807, 2.05) is 0 Å². The van der Waals surface area contributed by atoms with Crippen LogP contribution in [0.5, 0.6) is 0 Å². The van der Waals surface area contributed by atoms with E-state index in [-0.39, 0.29) is 30.0 Å². The molecule has 2 aliphatic carbocycles. The molecule has 3 N–H and O–H groups in total. The number of hydrogen-bond donors (Lipinski definition) is 3. The third-order valence-electron chi connectivity index (χ3n) is 6.90. The van der Waals surface area contributed by atoms with Crippen molar-refractivity contribution >= 4 is 0 Å². The van der Waals surface area contributed by atoms with Crippen LogP contribution < -0.4 is 0 Å². The van der Waals surface area contributed by atoms with Gasteiger partial charge in [0.1, 0.15) is 0 Å². The maximum atomic E-state index is 11.2. The van der Waals surface area contributed by atoms with Crippen LogP contribution in [0.1, 0.15) is 91.4 Å². The molecule has 0 heterocycles. The van der Waals surface area contributed by atoms with Crippen LogP contribution in [0.15, 0.2) is 23.5 Å². The zero-order valence-electron chi connectivity index (χ0n) is 17.8. The summed E-state index contributed by atoms with van der Waals surface area (Å²) in [6.07, 6.45) is 15.8. The molecule has 1 fully saturated rings. The Hall–Kier alpha value is -0.800. The SMILES string of the molecule is CCCCCCC(C)(C)C1C=CC(C2CCCC(O)C2)=C(O)C1CCCO. The van der Waals surface area contributed by atoms with Gasteiger partial charge >= 0.3 is 0 Å². The second-order valence-corrected chi connectivity index (χ2v) is 9.51. The predicted molar refractivity (Wildman–Crippen MR) is 113 cm³/mol. The van der Waals surface area contributed by atoms with Gasteiger partial charge in [0.2, 0.25) is 0 Å². The van der Waals surface area contributed by atoms with Gasteiger partial charge in [-0.1, -0.05) is 65.0 Å². The van der Waals surface area contributed by atoms with Crippen molar-refractivity contribution < 1.29 is 15.3 Å². The molecule has 0 bridgehead atoms. The molecule has 3 nitrogen and oxygen atoms in total. The van der Waals surface area contributed by atoms with E-state index in [4.69, 9.17) is 0 Å². The lowest BCUT2D eigenvalue weighted by atomic mass is 9.64. The van der Waals surface area contributed by atoms with Crippen LogP contribution in [-0.4, -0.2) is 28.0 Å². The smallest absolute Gasteiger partial charge is 0.0994 e. The Labute approximate surface area is 166 Å². The topological polar surface area (TPSA) is 60.7 Å². The lowest BCUT2D eigenvalue weighted by molar-refractivity contribution is 0.103. The minimum absolute atomic E-state index is 0.0948. The molecule has 2 aliphatic rings. The fourth-order valence-corrected chi connectivity index (χ4v) is 5.21. The maximum absolute atomic E-state index is 11.2. The molecule has 0 amide bonds. The van der Waals surface area contributed by atoms with Crippen molar-refractivity contribution in [2.75, 3.05) is 6.61 Å². The second-order valence-electron chi connectivity index (χ2n) is 9.51. The van der Waals surface area contributed by atoms with Gasteiger partial charge in [-0.25, -0.2) is 0 Å². The number of hydrogen-bond acceptors (Lipinski definition) is 3. The van der Waals surface area contributed by atoms with Crippen LogP contribution >= 0.6 is 0 Å². The molecule has 27 heavy (non-hydrogen) atoms. The average Bonchev–Trinajstić information content (AvgIpc) is 2.64. The Balaban J connectivity index is 2.15. The van der Waals surface area contributed by atoms with Gasteiger partial charge in [-0.05, 0) is 61.3 Å². The molecule has 0 aromatic rings. The molecule has 4 atom stereocenters. The standard InChI is InChI=1S/C24H42O3/c1-4-5-6-7-15-24(2,3)22-14-13-20(18-10-8-11-19(26)17-18)23(27)21(22)12-9-16-25/h13-14,18-19,21-22,25-27H,4-12,15-17H2,1-3H3. The van der Waals surface area contributed by atoms with E-state index in [2.05, 4.69) is 32.9 Å². The van der Waals surface area contributed by atoms with Crippen molar-refractivity contribution in [3.63, 3.8) is 0 Å². The third kappa shape index (κ3) is 6.09. The van der Waals surface area contributed by atoms with E-state index in [9.17, 15) is 15.3 Å². The molecule has 2 rings (SSSR count). The van der Waals surface area contributed by atoms with Crippen LogP contribution in [0.3, 0.4) is 0 Å². The van der Waals surface area contributed by atoms with Crippen molar-refractivity contribution in [2.45, 2.75) is 97.5 Å². The highest BCUT2D eigenvalue weighted by molar-refractivity contribution is 5.33. The number of rotatable bonds is 10. The van der Waals surface area contributed by atoms with Gasteiger partial charge in [0, 0.05) is 12.5 Å². The van der Waals surface area contributed by atoms with Gasteiger partial charge < -0.3 is 15.3 Å². The molecule has 4 unspecified atom stereocenters. The summed E-state index contributed by atoms with van der Waals surface area (Å²) >= 11 is 0. The zero-order valence-corrected chi connectivity index (χ0v) is 17.8. The highest BCUT2D eigenvalue weighted by atomic mass is 16.3. The van der Waals surface area contributed by atoms with E-state index in [0.717, 1.165) is 44.1 Å². The molecule has 156 valence electrons. The van der Waals surface area contributed by atoms with Crippen LogP contribution in [0.25, 0.3) is 0 Å². The quantitative estimate of drug-likeness (QED) is 0.413. The monoisotopic (exact) mass is 378 g/mol. The first kappa shape index (κ1) is 22.5. The molecule has 0 spiro atoms. The molecule has 0 aliphatic heterocycles. The molecular formula is C24H42O3. The average molecular weight is 379 g/mol. The maximum Gasteiger partial charge on any atom is 0.0994 e. The van der Waals surface area contributed by atoms with E-state index in [1.165, 1.54) is 32.1 Å². The fraction of sp³-hybridized carbons (Fsp3) is 0.833. The van der Waals surface area contributed by atoms with E-state index < -0.39 is 0 Å². The summed E-state index contributed by atoms with van der Waals surface area (Å²) in [5.41, 5.74) is 1.19. The minimum atomic E-state index is -0.235. The first-order valence-corrected chi connectivity index (χ1v) is 11.3. The predicted octanol–water partition coefficient (Wildman–Crippen LogP) is 5.92. The van der Waals surface area contributed by atoms with Gasteiger partial charge in [-0.2, -0.15) is 0 Å². The summed E-state index contributed by atoms with van der Waals surface area (Å²) in [6, 6.07) is 0. The molecule has 0 saturated heterocycles. The van der Waals surface area contributed by atoms with Crippen LogP contribution in [0.2, 0.25) is 0 Å². The minimum Gasteiger partial charge on any atom is -0.512 e. The number of unbranched alkanes of at least 4 members (excludes halogenated alkanes) is 3. The summed E-state index contributed by atoms with van der Waals surface area (Å²) in [7, 11) is 0. The van der Waals surface area contributed by atoms with E-state index in [1.54, 1.807) is 0 Å². The van der Waals surface area contributed by atoms with Gasteiger partial charge in [0.15, 0.2) is 0 Å². The lowest BCUT2D eigenvalue weighted by Crippen LogP contribution is -2.34. The zero-order chi connectivity index (χ0) is 19.9. The van der Waals surface area contributed by atoms with Crippen molar-refractivity contribution in [1.82, 2.24) is 0 Å². The molecule has 3 heteroatoms. The van der Waals surface area contributed by atoms with Gasteiger partial charge in [0.25, 0.3) is 0 Å². The Bertz CT molecular complexity index is 506. The molecular weight excluding hydrogens is 336 g/mol. The van der Waals surface area contributed by atoms with Gasteiger partial charge in [-0.15, -0.1) is 0 Å². The molecule has 1 saturated carbocycles. The van der Waals surface area contributed by atoms with Gasteiger partial charge in [-0.3, -0.25) is 0 Å². The number of allylic oxidation sites excluding steroid dienone is 4. The lowest BCUT2D eigenvalue weighted by Gasteiger charge is -2.41. The van der Waals surface area contributed by atoms with Crippen molar-refractivity contribution in [1.29, 1.82) is 0 Å². The van der Waals surface area contributed by atoms with E-state index >= 15 is 0 Å². The van der Waals surface area contributed by atoms with Crippen LogP contribution in [0.4, 0.5) is 0 Å². The Morgan fingerprint density at radius 3 is 2.56 bits per heavy atom. The second kappa shape index (κ2) is 10.7. The fourth-order valence-electron chi connectivity index (χ4n) is 5.21. The number of aliphatic hydroxyl groups is 3. The number of aliphatic hydroxyl groups excluding tert-OH is 3. The Morgan fingerprint density at radius 1 is 1.11 bits per heavy atom. The third-order valence-corrected chi connectivity index (χ3v) is 6.90. The van der Waals surface area contributed by atoms with Crippen molar-refractivity contribution in [2.24, 2.45) is 23.2 Å². The Morgan fingerprint density at radius 2 is 1.89 bits per heavy atom. The molecule has 0 radical (unpaired) electrons. The Kier molecular flexibility index (Phi) is 8.88. The molecule has 0 aromatic carbocycles.